The van der Waals surface area contributed by atoms with Crippen molar-refractivity contribution in [2.75, 3.05) is 7.11 Å². The molecule has 2 aromatic rings. The topological polar surface area (TPSA) is 51.2 Å². The third-order valence-electron chi connectivity index (χ3n) is 3.04. The van der Waals surface area contributed by atoms with Gasteiger partial charge in [0.05, 0.1) is 17.8 Å². The molecular weight excluding hydrogens is 272 g/mol. The zero-order chi connectivity index (χ0) is 14.5. The summed E-state index contributed by atoms with van der Waals surface area (Å²) in [5.74, 6) is -0.282. The molecule has 0 aliphatic heterocycles. The monoisotopic (exact) mass is 290 g/mol. The van der Waals surface area contributed by atoms with Crippen molar-refractivity contribution in [3.05, 3.63) is 51.5 Å². The normalized spacial score (nSPS) is 12.2. The number of aryl methyl sites for hydroxylation is 2. The SMILES string of the molecule is COC(=O)C(NCc1sc(C)nc1C)c1ccccc1. The van der Waals surface area contributed by atoms with Crippen molar-refractivity contribution in [2.24, 2.45) is 0 Å². The van der Waals surface area contributed by atoms with Crippen LogP contribution in [0.4, 0.5) is 0 Å². The molecular formula is C15H18N2O2S. The van der Waals surface area contributed by atoms with Gasteiger partial charge in [0.15, 0.2) is 0 Å². The van der Waals surface area contributed by atoms with E-state index in [1.165, 1.54) is 7.11 Å². The molecule has 0 amide bonds. The van der Waals surface area contributed by atoms with Crippen LogP contribution in [0.25, 0.3) is 0 Å². The third kappa shape index (κ3) is 3.43. The van der Waals surface area contributed by atoms with Gasteiger partial charge in [-0.25, -0.2) is 9.78 Å². The second-order valence-corrected chi connectivity index (χ2v) is 5.78. The minimum Gasteiger partial charge on any atom is -0.468 e. The fourth-order valence-electron chi connectivity index (χ4n) is 2.03. The first-order valence-corrected chi connectivity index (χ1v) is 7.22. The highest BCUT2D eigenvalue weighted by atomic mass is 32.1. The van der Waals surface area contributed by atoms with Gasteiger partial charge in [0, 0.05) is 11.4 Å². The molecule has 106 valence electrons. The molecule has 0 aliphatic carbocycles. The first kappa shape index (κ1) is 14.7. The number of carbonyl (C=O) groups is 1. The standard InChI is InChI=1S/C15H18N2O2S/c1-10-13(20-11(2)17-10)9-16-14(15(18)19-3)12-7-5-4-6-8-12/h4-8,14,16H,9H2,1-3H3. The highest BCUT2D eigenvalue weighted by Gasteiger charge is 2.21. The number of hydrogen-bond acceptors (Lipinski definition) is 5. The lowest BCUT2D eigenvalue weighted by Gasteiger charge is -2.16. The molecule has 0 radical (unpaired) electrons. The molecule has 20 heavy (non-hydrogen) atoms. The lowest BCUT2D eigenvalue weighted by Crippen LogP contribution is -2.29. The number of carbonyl (C=O) groups excluding carboxylic acids is 1. The van der Waals surface area contributed by atoms with Crippen LogP contribution in [0.3, 0.4) is 0 Å². The molecule has 0 aliphatic rings. The van der Waals surface area contributed by atoms with E-state index in [9.17, 15) is 4.79 Å². The molecule has 0 fully saturated rings. The molecule has 1 unspecified atom stereocenters. The number of thiazole rings is 1. The molecule has 1 aromatic heterocycles. The second kappa shape index (κ2) is 6.63. The van der Waals surface area contributed by atoms with Gasteiger partial charge in [0.25, 0.3) is 0 Å². The van der Waals surface area contributed by atoms with Crippen LogP contribution in [0.15, 0.2) is 30.3 Å². The van der Waals surface area contributed by atoms with Gasteiger partial charge in [0.1, 0.15) is 6.04 Å². The van der Waals surface area contributed by atoms with Gasteiger partial charge in [0.2, 0.25) is 0 Å². The first-order valence-electron chi connectivity index (χ1n) is 6.41. The van der Waals surface area contributed by atoms with Crippen molar-refractivity contribution >= 4 is 17.3 Å². The van der Waals surface area contributed by atoms with Gasteiger partial charge in [-0.15, -0.1) is 11.3 Å². The predicted molar refractivity (Wildman–Crippen MR) is 79.6 cm³/mol. The van der Waals surface area contributed by atoms with Gasteiger partial charge in [-0.1, -0.05) is 30.3 Å². The number of methoxy groups -OCH3 is 1. The molecule has 0 saturated carbocycles. The Morgan fingerprint density at radius 2 is 2.05 bits per heavy atom. The van der Waals surface area contributed by atoms with Gasteiger partial charge in [-0.05, 0) is 19.4 Å². The molecule has 0 bridgehead atoms. The zero-order valence-electron chi connectivity index (χ0n) is 11.8. The van der Waals surface area contributed by atoms with Crippen LogP contribution >= 0.6 is 11.3 Å². The van der Waals surface area contributed by atoms with Gasteiger partial charge in [-0.3, -0.25) is 5.32 Å². The van der Waals surface area contributed by atoms with E-state index in [1.54, 1.807) is 11.3 Å². The van der Waals surface area contributed by atoms with E-state index >= 15 is 0 Å². The minimum absolute atomic E-state index is 0.282. The van der Waals surface area contributed by atoms with Crippen LogP contribution in [0.2, 0.25) is 0 Å². The van der Waals surface area contributed by atoms with E-state index in [0.717, 1.165) is 21.1 Å². The summed E-state index contributed by atoms with van der Waals surface area (Å²) in [6, 6.07) is 9.13. The molecule has 1 heterocycles. The Morgan fingerprint density at radius 3 is 2.60 bits per heavy atom. The number of nitrogens with one attached hydrogen (secondary N) is 1. The molecule has 2 rings (SSSR count). The maximum atomic E-state index is 11.9. The van der Waals surface area contributed by atoms with E-state index in [2.05, 4.69) is 10.3 Å². The molecule has 5 heteroatoms. The average molecular weight is 290 g/mol. The molecule has 1 atom stereocenters. The van der Waals surface area contributed by atoms with Crippen molar-refractivity contribution < 1.29 is 9.53 Å². The zero-order valence-corrected chi connectivity index (χ0v) is 12.7. The number of esters is 1. The smallest absolute Gasteiger partial charge is 0.327 e. The Balaban J connectivity index is 2.13. The second-order valence-electron chi connectivity index (χ2n) is 4.49. The van der Waals surface area contributed by atoms with Crippen molar-refractivity contribution in [3.63, 3.8) is 0 Å². The number of benzene rings is 1. The largest absolute Gasteiger partial charge is 0.468 e. The average Bonchev–Trinajstić information content (AvgIpc) is 2.78. The lowest BCUT2D eigenvalue weighted by atomic mass is 10.1. The summed E-state index contributed by atoms with van der Waals surface area (Å²) in [5.41, 5.74) is 1.91. The van der Waals surface area contributed by atoms with Crippen LogP contribution in [0.1, 0.15) is 27.2 Å². The summed E-state index contributed by atoms with van der Waals surface area (Å²) in [6.07, 6.45) is 0. The minimum atomic E-state index is -0.456. The van der Waals surface area contributed by atoms with Crippen LogP contribution in [0.5, 0.6) is 0 Å². The van der Waals surface area contributed by atoms with Gasteiger partial charge >= 0.3 is 5.97 Å². The maximum absolute atomic E-state index is 11.9. The Bertz CT molecular complexity index is 581. The Kier molecular flexibility index (Phi) is 4.87. The number of nitrogens with zero attached hydrogens (tertiary/aromatic N) is 1. The Labute approximate surface area is 122 Å². The summed E-state index contributed by atoms with van der Waals surface area (Å²) >= 11 is 1.65. The van der Waals surface area contributed by atoms with Crippen LogP contribution in [-0.2, 0) is 16.1 Å². The number of ether oxygens (including phenoxy) is 1. The van der Waals surface area contributed by atoms with Gasteiger partial charge in [-0.2, -0.15) is 0 Å². The number of hydrogen-bond donors (Lipinski definition) is 1. The summed E-state index contributed by atoms with van der Waals surface area (Å²) in [4.78, 5) is 17.5. The van der Waals surface area contributed by atoms with Crippen molar-refractivity contribution in [1.82, 2.24) is 10.3 Å². The Morgan fingerprint density at radius 1 is 1.35 bits per heavy atom. The van der Waals surface area contributed by atoms with Crippen molar-refractivity contribution in [1.29, 1.82) is 0 Å². The van der Waals surface area contributed by atoms with Crippen molar-refractivity contribution in [3.8, 4) is 0 Å². The number of rotatable bonds is 5. The van der Waals surface area contributed by atoms with Crippen LogP contribution in [-0.4, -0.2) is 18.1 Å². The summed E-state index contributed by atoms with van der Waals surface area (Å²) in [5, 5.41) is 4.29. The van der Waals surface area contributed by atoms with E-state index < -0.39 is 6.04 Å². The predicted octanol–water partition coefficient (Wildman–Crippen LogP) is 2.76. The molecule has 0 saturated heterocycles. The summed E-state index contributed by atoms with van der Waals surface area (Å²) in [6.45, 7) is 4.57. The Hall–Kier alpha value is -1.72. The van der Waals surface area contributed by atoms with Gasteiger partial charge < -0.3 is 4.74 Å². The van der Waals surface area contributed by atoms with Crippen LogP contribution < -0.4 is 5.32 Å². The maximum Gasteiger partial charge on any atom is 0.327 e. The highest BCUT2D eigenvalue weighted by molar-refractivity contribution is 7.11. The van der Waals surface area contributed by atoms with E-state index in [4.69, 9.17) is 4.74 Å². The molecule has 1 N–H and O–H groups in total. The number of aromatic nitrogens is 1. The quantitative estimate of drug-likeness (QED) is 0.860. The molecule has 0 spiro atoms. The third-order valence-corrected chi connectivity index (χ3v) is 4.11. The molecule has 4 nitrogen and oxygen atoms in total. The van der Waals surface area contributed by atoms with E-state index in [-0.39, 0.29) is 5.97 Å². The van der Waals surface area contributed by atoms with Crippen LogP contribution in [0, 0.1) is 13.8 Å². The van der Waals surface area contributed by atoms with Crippen molar-refractivity contribution in [2.45, 2.75) is 26.4 Å². The highest BCUT2D eigenvalue weighted by Crippen LogP contribution is 2.20. The summed E-state index contributed by atoms with van der Waals surface area (Å²) in [7, 11) is 1.40. The van der Waals surface area contributed by atoms with E-state index in [1.807, 2.05) is 44.2 Å². The lowest BCUT2D eigenvalue weighted by molar-refractivity contribution is -0.143. The molecule has 1 aromatic carbocycles. The fraction of sp³-hybridized carbons (Fsp3) is 0.333. The van der Waals surface area contributed by atoms with E-state index in [0.29, 0.717) is 6.54 Å². The summed E-state index contributed by atoms with van der Waals surface area (Å²) < 4.78 is 4.88. The fourth-order valence-corrected chi connectivity index (χ4v) is 2.92. The first-order chi connectivity index (χ1) is 9.61.